The molecule has 1 fully saturated rings. The Bertz CT molecular complexity index is 636. The molecule has 7 nitrogen and oxygen atoms in total. The van der Waals surface area contributed by atoms with Crippen LogP contribution in [-0.2, 0) is 0 Å². The molecule has 0 amide bonds. The third-order valence-electron chi connectivity index (χ3n) is 4.20. The van der Waals surface area contributed by atoms with E-state index < -0.39 is 4.92 Å². The van der Waals surface area contributed by atoms with Gasteiger partial charge in [0.1, 0.15) is 0 Å². The highest BCUT2D eigenvalue weighted by Crippen LogP contribution is 2.25. The van der Waals surface area contributed by atoms with Crippen LogP contribution in [-0.4, -0.2) is 43.6 Å². The molecule has 0 saturated heterocycles. The lowest BCUT2D eigenvalue weighted by Gasteiger charge is -2.27. The maximum absolute atomic E-state index is 12.5. The van der Waals surface area contributed by atoms with E-state index in [0.717, 1.165) is 35.2 Å². The van der Waals surface area contributed by atoms with E-state index in [1.54, 1.807) is 0 Å². The monoisotopic (exact) mass is 290 g/mol. The molecule has 0 spiro atoms. The number of benzene rings is 1. The summed E-state index contributed by atoms with van der Waals surface area (Å²) in [5, 5.41) is 33.2. The van der Waals surface area contributed by atoms with Crippen molar-refractivity contribution in [2.75, 3.05) is 0 Å². The molecule has 2 atom stereocenters. The molecular weight excluding hydrogens is 274 g/mol. The van der Waals surface area contributed by atoms with Gasteiger partial charge in [0.2, 0.25) is 6.04 Å². The smallest absolute Gasteiger partial charge is 0.288 e. The van der Waals surface area contributed by atoms with Crippen LogP contribution in [0, 0.1) is 15.3 Å². The Kier molecular flexibility index (Phi) is 3.32. The third kappa shape index (κ3) is 2.35. The van der Waals surface area contributed by atoms with Crippen LogP contribution in [0.4, 0.5) is 5.69 Å². The molecule has 2 aliphatic rings. The number of hydroxylamine groups is 2. The molecule has 1 heterocycles. The number of hydrogen-bond acceptors (Lipinski definition) is 4. The molecule has 21 heavy (non-hydrogen) atoms. The average molecular weight is 290 g/mol. The van der Waals surface area contributed by atoms with Gasteiger partial charge in [-0.25, -0.2) is 0 Å². The minimum absolute atomic E-state index is 0.0241. The SMILES string of the molecule is O=[N+]([O-])c1ccc(C2=[N+]([O-])[C@H]3CCCC[C@@H]3[N+](O)=C2)cc1. The van der Waals surface area contributed by atoms with E-state index in [-0.39, 0.29) is 17.8 Å². The first-order chi connectivity index (χ1) is 10.1. The predicted octanol–water partition coefficient (Wildman–Crippen LogP) is 1.69. The van der Waals surface area contributed by atoms with Crippen LogP contribution in [0.2, 0.25) is 0 Å². The van der Waals surface area contributed by atoms with Crippen molar-refractivity contribution in [2.45, 2.75) is 37.8 Å². The first kappa shape index (κ1) is 13.5. The molecule has 0 bridgehead atoms. The molecule has 110 valence electrons. The quantitative estimate of drug-likeness (QED) is 0.295. The predicted molar refractivity (Wildman–Crippen MR) is 75.0 cm³/mol. The summed E-state index contributed by atoms with van der Waals surface area (Å²) < 4.78 is 2.06. The van der Waals surface area contributed by atoms with Crippen molar-refractivity contribution in [3.05, 3.63) is 45.2 Å². The average Bonchev–Trinajstić information content (AvgIpc) is 2.51. The second kappa shape index (κ2) is 5.16. The van der Waals surface area contributed by atoms with E-state index in [1.807, 2.05) is 0 Å². The Morgan fingerprint density at radius 2 is 1.76 bits per heavy atom. The van der Waals surface area contributed by atoms with Gasteiger partial charge < -0.3 is 5.21 Å². The van der Waals surface area contributed by atoms with Gasteiger partial charge in [-0.1, -0.05) is 0 Å². The summed E-state index contributed by atoms with van der Waals surface area (Å²) in [6, 6.07) is 5.35. The van der Waals surface area contributed by atoms with Crippen molar-refractivity contribution in [1.29, 1.82) is 0 Å². The number of nitro groups is 1. The van der Waals surface area contributed by atoms with Gasteiger partial charge in [0.25, 0.3) is 23.7 Å². The van der Waals surface area contributed by atoms with Crippen LogP contribution in [0.5, 0.6) is 0 Å². The van der Waals surface area contributed by atoms with E-state index in [4.69, 9.17) is 0 Å². The minimum atomic E-state index is -0.483. The lowest BCUT2D eigenvalue weighted by Crippen LogP contribution is -2.51. The summed E-state index contributed by atoms with van der Waals surface area (Å²) in [4.78, 5) is 10.2. The summed E-state index contributed by atoms with van der Waals surface area (Å²) in [6.07, 6.45) is 4.94. The summed E-state index contributed by atoms with van der Waals surface area (Å²) in [6.45, 7) is 0. The van der Waals surface area contributed by atoms with E-state index in [2.05, 4.69) is 0 Å². The molecule has 0 unspecified atom stereocenters. The van der Waals surface area contributed by atoms with Gasteiger partial charge in [-0.15, -0.1) is 0 Å². The van der Waals surface area contributed by atoms with Crippen LogP contribution >= 0.6 is 0 Å². The van der Waals surface area contributed by atoms with Crippen molar-refractivity contribution >= 4 is 17.6 Å². The van der Waals surface area contributed by atoms with E-state index in [9.17, 15) is 20.5 Å². The Balaban J connectivity index is 1.98. The third-order valence-corrected chi connectivity index (χ3v) is 4.20. The molecule has 7 heteroatoms. The summed E-state index contributed by atoms with van der Waals surface area (Å²) in [5.41, 5.74) is 0.887. The second-order valence-electron chi connectivity index (χ2n) is 5.44. The minimum Gasteiger partial charge on any atom is -0.623 e. The Morgan fingerprint density at radius 3 is 2.38 bits per heavy atom. The second-order valence-corrected chi connectivity index (χ2v) is 5.44. The van der Waals surface area contributed by atoms with Gasteiger partial charge in [-0.2, -0.15) is 4.74 Å². The largest absolute Gasteiger partial charge is 0.623 e. The molecule has 1 aliphatic heterocycles. The van der Waals surface area contributed by atoms with Crippen LogP contribution in [0.3, 0.4) is 0 Å². The number of hydrogen-bond donors (Lipinski definition) is 1. The first-order valence-corrected chi connectivity index (χ1v) is 6.98. The maximum Gasteiger partial charge on any atom is 0.288 e. The molecule has 0 aromatic heterocycles. The molecule has 1 N–H and O–H groups in total. The molecule has 1 aromatic rings. The fourth-order valence-electron chi connectivity index (χ4n) is 3.09. The standard InChI is InChI=1S/C14H16N3O4/c18-15-9-14(10-5-7-11(8-6-10)17(20)21)16(19)13-4-2-1-3-12(13)15/h5-9,12-13,18H,1-4H2/q+1/t12-,13-/m0/s1. The van der Waals surface area contributed by atoms with Crippen LogP contribution in [0.25, 0.3) is 0 Å². The molecule has 0 radical (unpaired) electrons. The van der Waals surface area contributed by atoms with Gasteiger partial charge in [0.15, 0.2) is 0 Å². The fraction of sp³-hybridized carbons (Fsp3) is 0.429. The molecule has 1 saturated carbocycles. The van der Waals surface area contributed by atoms with Gasteiger partial charge in [-0.05, 0) is 29.7 Å². The highest BCUT2D eigenvalue weighted by Gasteiger charge is 2.45. The first-order valence-electron chi connectivity index (χ1n) is 6.98. The van der Waals surface area contributed by atoms with Crippen LogP contribution in [0.15, 0.2) is 24.3 Å². The van der Waals surface area contributed by atoms with Gasteiger partial charge >= 0.3 is 0 Å². The Morgan fingerprint density at radius 1 is 1.14 bits per heavy atom. The van der Waals surface area contributed by atoms with Gasteiger partial charge in [0, 0.05) is 25.0 Å². The highest BCUT2D eigenvalue weighted by atomic mass is 16.6. The normalized spacial score (nSPS) is 25.2. The molecular formula is C14H16N3O4+. The molecule has 1 aromatic carbocycles. The molecule has 3 rings (SSSR count). The van der Waals surface area contributed by atoms with Crippen LogP contribution < -0.4 is 0 Å². The topological polar surface area (TPSA) is 92.5 Å². The van der Waals surface area contributed by atoms with Gasteiger partial charge in [-0.3, -0.25) is 15.3 Å². The van der Waals surface area contributed by atoms with Crippen molar-refractivity contribution in [2.24, 2.45) is 0 Å². The lowest BCUT2D eigenvalue weighted by molar-refractivity contribution is -0.819. The van der Waals surface area contributed by atoms with Crippen molar-refractivity contribution in [3.63, 3.8) is 0 Å². The van der Waals surface area contributed by atoms with E-state index >= 15 is 0 Å². The van der Waals surface area contributed by atoms with Crippen LogP contribution in [0.1, 0.15) is 31.2 Å². The van der Waals surface area contributed by atoms with Gasteiger partial charge in [0.05, 0.1) is 10.5 Å². The number of non-ortho nitro benzene ring substituents is 1. The summed E-state index contributed by atoms with van der Waals surface area (Å²) >= 11 is 0. The van der Waals surface area contributed by atoms with E-state index in [1.165, 1.54) is 30.5 Å². The zero-order valence-electron chi connectivity index (χ0n) is 11.4. The van der Waals surface area contributed by atoms with Crippen molar-refractivity contribution in [1.82, 2.24) is 0 Å². The summed E-state index contributed by atoms with van der Waals surface area (Å²) in [7, 11) is 0. The number of fused-ring (bicyclic) bond motifs is 1. The fourth-order valence-corrected chi connectivity index (χ4v) is 3.09. The molecule has 1 aliphatic carbocycles. The zero-order valence-corrected chi connectivity index (χ0v) is 11.4. The number of nitrogens with zero attached hydrogens (tertiary/aromatic N) is 3. The highest BCUT2D eigenvalue weighted by molar-refractivity contribution is 6.34. The summed E-state index contributed by atoms with van der Waals surface area (Å²) in [5.74, 6) is 0. The van der Waals surface area contributed by atoms with E-state index in [0.29, 0.717) is 11.3 Å². The number of rotatable bonds is 2. The lowest BCUT2D eigenvalue weighted by atomic mass is 9.89. The van der Waals surface area contributed by atoms with Crippen molar-refractivity contribution < 1.29 is 19.6 Å². The zero-order chi connectivity index (χ0) is 15.0. The maximum atomic E-state index is 12.5. The Hall–Kier alpha value is -2.44. The number of nitro benzene ring substituents is 1. The Labute approximate surface area is 121 Å². The van der Waals surface area contributed by atoms with Crippen molar-refractivity contribution in [3.8, 4) is 0 Å².